The van der Waals surface area contributed by atoms with Crippen molar-refractivity contribution in [3.05, 3.63) is 65.2 Å². The zero-order chi connectivity index (χ0) is 19.3. The molecule has 2 aromatic carbocycles. The van der Waals surface area contributed by atoms with Crippen LogP contribution in [0.15, 0.2) is 48.5 Å². The highest BCUT2D eigenvalue weighted by atomic mass is 28.4. The van der Waals surface area contributed by atoms with Gasteiger partial charge in [0.15, 0.2) is 14.1 Å². The van der Waals surface area contributed by atoms with Gasteiger partial charge >= 0.3 is 0 Å². The molecule has 1 aliphatic carbocycles. The summed E-state index contributed by atoms with van der Waals surface area (Å²) in [5.41, 5.74) is 3.61. The molecule has 0 spiro atoms. The van der Waals surface area contributed by atoms with Crippen molar-refractivity contribution in [2.45, 2.75) is 63.6 Å². The Kier molecular flexibility index (Phi) is 4.49. The summed E-state index contributed by atoms with van der Waals surface area (Å²) >= 11 is 0. The molecule has 0 amide bonds. The van der Waals surface area contributed by atoms with E-state index in [0.29, 0.717) is 12.5 Å². The predicted octanol–water partition coefficient (Wildman–Crippen LogP) is 5.96. The Morgan fingerprint density at radius 3 is 2.52 bits per heavy atom. The van der Waals surface area contributed by atoms with Crippen LogP contribution in [-0.4, -0.2) is 14.9 Å². The summed E-state index contributed by atoms with van der Waals surface area (Å²) in [4.78, 5) is 0. The van der Waals surface area contributed by atoms with Crippen molar-refractivity contribution in [1.29, 1.82) is 0 Å². The normalized spacial score (nSPS) is 24.1. The molecule has 2 unspecified atom stereocenters. The number of benzene rings is 2. The lowest BCUT2D eigenvalue weighted by atomic mass is 9.71. The first kappa shape index (κ1) is 18.7. The van der Waals surface area contributed by atoms with Crippen LogP contribution < -0.4 is 4.74 Å². The van der Waals surface area contributed by atoms with Gasteiger partial charge in [0.05, 0.1) is 12.2 Å². The van der Waals surface area contributed by atoms with E-state index in [0.717, 1.165) is 29.9 Å². The average molecular weight is 383 g/mol. The van der Waals surface area contributed by atoms with E-state index in [-0.39, 0.29) is 5.04 Å². The minimum atomic E-state index is -1.99. The van der Waals surface area contributed by atoms with E-state index in [2.05, 4.69) is 64.2 Å². The maximum atomic E-state index is 6.91. The molecule has 2 aromatic rings. The summed E-state index contributed by atoms with van der Waals surface area (Å²) in [6.07, 6.45) is 1.02. The molecule has 144 valence electrons. The topological polar surface area (TPSA) is 27.7 Å². The molecule has 2 aliphatic rings. The first-order valence-corrected chi connectivity index (χ1v) is 12.8. The largest absolute Gasteiger partial charge is 0.488 e. The molecule has 3 nitrogen and oxygen atoms in total. The highest BCUT2D eigenvalue weighted by Gasteiger charge is 2.62. The van der Waals surface area contributed by atoms with Crippen molar-refractivity contribution in [3.8, 4) is 5.75 Å². The van der Waals surface area contributed by atoms with Crippen LogP contribution in [0.1, 0.15) is 49.8 Å². The van der Waals surface area contributed by atoms with Crippen LogP contribution in [0, 0.1) is 0 Å². The zero-order valence-electron chi connectivity index (χ0n) is 17.0. The highest BCUT2D eigenvalue weighted by Crippen LogP contribution is 2.63. The Bertz CT molecular complexity index is 825. The van der Waals surface area contributed by atoms with Crippen molar-refractivity contribution >= 4 is 8.32 Å². The van der Waals surface area contributed by atoms with E-state index >= 15 is 0 Å². The average Bonchev–Trinajstić information content (AvgIpc) is 2.96. The van der Waals surface area contributed by atoms with Gasteiger partial charge in [-0.15, -0.1) is 0 Å². The van der Waals surface area contributed by atoms with E-state index in [1.54, 1.807) is 0 Å². The summed E-state index contributed by atoms with van der Waals surface area (Å²) in [6, 6.07) is 16.6. The summed E-state index contributed by atoms with van der Waals surface area (Å²) in [5.74, 6) is 0.598. The van der Waals surface area contributed by atoms with Crippen LogP contribution in [-0.2, 0) is 21.6 Å². The quantitative estimate of drug-likeness (QED) is 0.597. The van der Waals surface area contributed by atoms with Crippen molar-refractivity contribution in [2.75, 3.05) is 6.61 Å². The predicted molar refractivity (Wildman–Crippen MR) is 110 cm³/mol. The lowest BCUT2D eigenvalue weighted by Crippen LogP contribution is -2.54. The van der Waals surface area contributed by atoms with Gasteiger partial charge in [-0.2, -0.15) is 0 Å². The molecule has 0 N–H and O–H groups in total. The van der Waals surface area contributed by atoms with Crippen LogP contribution >= 0.6 is 0 Å². The zero-order valence-corrected chi connectivity index (χ0v) is 18.0. The van der Waals surface area contributed by atoms with Gasteiger partial charge in [0, 0.05) is 5.92 Å². The van der Waals surface area contributed by atoms with Crippen molar-refractivity contribution in [1.82, 2.24) is 0 Å². The molecular weight excluding hydrogens is 352 g/mol. The fourth-order valence-electron chi connectivity index (χ4n) is 3.90. The van der Waals surface area contributed by atoms with Crippen molar-refractivity contribution in [2.24, 2.45) is 0 Å². The Balaban J connectivity index is 1.66. The van der Waals surface area contributed by atoms with E-state index in [9.17, 15) is 0 Å². The molecule has 0 saturated carbocycles. The first-order chi connectivity index (χ1) is 12.7. The summed E-state index contributed by atoms with van der Waals surface area (Å²) < 4.78 is 19.5. The summed E-state index contributed by atoms with van der Waals surface area (Å²) in [6.45, 7) is 12.7. The van der Waals surface area contributed by atoms with Gasteiger partial charge in [-0.25, -0.2) is 0 Å². The van der Waals surface area contributed by atoms with E-state index in [1.165, 1.54) is 5.56 Å². The fraction of sp³-hybridized carbons (Fsp3) is 0.478. The smallest absolute Gasteiger partial charge is 0.196 e. The number of ether oxygens (including phenoxy) is 2. The SMILES string of the molecule is CC(C)(C)[Si](C)(C)OC12OCCC1c1cccc(OCc3ccccc3)c12. The van der Waals surface area contributed by atoms with Gasteiger partial charge in [0.2, 0.25) is 0 Å². The first-order valence-electron chi connectivity index (χ1n) is 9.89. The van der Waals surface area contributed by atoms with Gasteiger partial charge in [-0.05, 0) is 41.7 Å². The minimum Gasteiger partial charge on any atom is -0.488 e. The maximum Gasteiger partial charge on any atom is 0.196 e. The summed E-state index contributed by atoms with van der Waals surface area (Å²) in [7, 11) is -1.99. The summed E-state index contributed by atoms with van der Waals surface area (Å²) in [5, 5.41) is 0.133. The molecule has 1 saturated heterocycles. The van der Waals surface area contributed by atoms with Crippen LogP contribution in [0.25, 0.3) is 0 Å². The van der Waals surface area contributed by atoms with E-state index < -0.39 is 14.1 Å². The molecule has 4 rings (SSSR count). The van der Waals surface area contributed by atoms with Crippen LogP contribution in [0.3, 0.4) is 0 Å². The number of hydrogen-bond acceptors (Lipinski definition) is 3. The maximum absolute atomic E-state index is 6.91. The van der Waals surface area contributed by atoms with E-state index in [4.69, 9.17) is 13.9 Å². The second kappa shape index (κ2) is 6.47. The van der Waals surface area contributed by atoms with Crippen LogP contribution in [0.2, 0.25) is 18.1 Å². The third-order valence-corrected chi connectivity index (χ3v) is 10.8. The Hall–Kier alpha value is -1.62. The lowest BCUT2D eigenvalue weighted by Gasteiger charge is -2.52. The standard InChI is InChI=1S/C23H30O3Si/c1-22(2,3)27(4,5)26-23-19(14-15-25-23)18-12-9-13-20(21(18)23)24-16-17-10-7-6-8-11-17/h6-13,19H,14-16H2,1-5H3. The number of fused-ring (bicyclic) bond motifs is 4. The number of hydrogen-bond donors (Lipinski definition) is 0. The molecule has 0 radical (unpaired) electrons. The third kappa shape index (κ3) is 3.04. The minimum absolute atomic E-state index is 0.133. The Labute approximate surface area is 163 Å². The van der Waals surface area contributed by atoms with E-state index in [1.807, 2.05) is 18.2 Å². The molecule has 1 fully saturated rings. The van der Waals surface area contributed by atoms with Gasteiger partial charge in [0.1, 0.15) is 12.4 Å². The molecule has 1 heterocycles. The van der Waals surface area contributed by atoms with Gasteiger partial charge < -0.3 is 13.9 Å². The second-order valence-electron chi connectivity index (χ2n) is 9.21. The van der Waals surface area contributed by atoms with Crippen LogP contribution in [0.4, 0.5) is 0 Å². The molecule has 0 bridgehead atoms. The van der Waals surface area contributed by atoms with Gasteiger partial charge in [-0.3, -0.25) is 0 Å². The molecular formula is C23H30O3Si. The molecule has 27 heavy (non-hydrogen) atoms. The van der Waals surface area contributed by atoms with Gasteiger partial charge in [0.25, 0.3) is 0 Å². The lowest BCUT2D eigenvalue weighted by molar-refractivity contribution is -0.194. The highest BCUT2D eigenvalue weighted by molar-refractivity contribution is 6.74. The van der Waals surface area contributed by atoms with Crippen molar-refractivity contribution < 1.29 is 13.9 Å². The molecule has 1 aliphatic heterocycles. The molecule has 2 atom stereocenters. The molecule has 0 aromatic heterocycles. The van der Waals surface area contributed by atoms with Crippen molar-refractivity contribution in [3.63, 3.8) is 0 Å². The molecule has 4 heteroatoms. The van der Waals surface area contributed by atoms with Crippen LogP contribution in [0.5, 0.6) is 5.75 Å². The fourth-order valence-corrected chi connectivity index (χ4v) is 5.27. The van der Waals surface area contributed by atoms with Gasteiger partial charge in [-0.1, -0.05) is 63.2 Å². The Morgan fingerprint density at radius 1 is 1.07 bits per heavy atom. The Morgan fingerprint density at radius 2 is 1.81 bits per heavy atom. The monoisotopic (exact) mass is 382 g/mol. The third-order valence-electron chi connectivity index (χ3n) is 6.41. The number of rotatable bonds is 5. The second-order valence-corrected chi connectivity index (χ2v) is 13.9.